The number of hydrogen-bond acceptors (Lipinski definition) is 8. The van der Waals surface area contributed by atoms with Crippen LogP contribution in [0.1, 0.15) is 33.6 Å². The molecule has 2 N–H and O–H groups in total. The van der Waals surface area contributed by atoms with Crippen LogP contribution in [0.15, 0.2) is 18.5 Å². The van der Waals surface area contributed by atoms with E-state index in [0.29, 0.717) is 18.1 Å². The van der Waals surface area contributed by atoms with Gasteiger partial charge >= 0.3 is 0 Å². The maximum Gasteiger partial charge on any atom is 0.228 e. The van der Waals surface area contributed by atoms with Gasteiger partial charge in [0.15, 0.2) is 0 Å². The van der Waals surface area contributed by atoms with Gasteiger partial charge in [-0.25, -0.2) is 15.0 Å². The Morgan fingerprint density at radius 2 is 1.76 bits per heavy atom. The van der Waals surface area contributed by atoms with Gasteiger partial charge in [0, 0.05) is 61.8 Å². The molecular weight excluding hydrogens is 364 g/mol. The van der Waals surface area contributed by atoms with Crippen LogP contribution in [0.25, 0.3) is 11.3 Å². The Balaban J connectivity index is 1.53. The van der Waals surface area contributed by atoms with Gasteiger partial charge in [0.05, 0.1) is 5.69 Å². The first-order chi connectivity index (χ1) is 14.0. The van der Waals surface area contributed by atoms with E-state index >= 15 is 0 Å². The maximum absolute atomic E-state index is 5.69. The number of fused-ring (bicyclic) bond motifs is 1. The van der Waals surface area contributed by atoms with Gasteiger partial charge in [-0.15, -0.1) is 0 Å². The van der Waals surface area contributed by atoms with E-state index in [4.69, 9.17) is 15.7 Å². The fourth-order valence-electron chi connectivity index (χ4n) is 5.05. The number of nitrogens with zero attached hydrogens (tertiary/aromatic N) is 7. The molecule has 0 unspecified atom stereocenters. The Labute approximate surface area is 172 Å². The van der Waals surface area contributed by atoms with Gasteiger partial charge in [0.25, 0.3) is 0 Å². The number of piperazine rings is 1. The van der Waals surface area contributed by atoms with Crippen LogP contribution < -0.4 is 15.5 Å². The summed E-state index contributed by atoms with van der Waals surface area (Å²) in [4.78, 5) is 25.7. The minimum absolute atomic E-state index is 0.279. The largest absolute Gasteiger partial charge is 0.368 e. The summed E-state index contributed by atoms with van der Waals surface area (Å²) < 4.78 is 0. The third-order valence-electron chi connectivity index (χ3n) is 6.85. The van der Waals surface area contributed by atoms with Gasteiger partial charge in [-0.3, -0.25) is 4.90 Å². The third-order valence-corrected chi connectivity index (χ3v) is 6.85. The molecule has 0 spiro atoms. The van der Waals surface area contributed by atoms with Crippen molar-refractivity contribution in [3.05, 3.63) is 18.5 Å². The number of nitrogens with two attached hydrogens (primary N) is 1. The average molecular weight is 395 g/mol. The van der Waals surface area contributed by atoms with Crippen LogP contribution in [0.2, 0.25) is 0 Å². The molecule has 29 heavy (non-hydrogen) atoms. The summed E-state index contributed by atoms with van der Waals surface area (Å²) in [7, 11) is 0. The maximum atomic E-state index is 5.69. The van der Waals surface area contributed by atoms with Crippen LogP contribution in [0.4, 0.5) is 17.7 Å². The number of anilines is 3. The summed E-state index contributed by atoms with van der Waals surface area (Å²) in [6.45, 7) is 11.0. The zero-order chi connectivity index (χ0) is 20.1. The number of hydrogen-bond donors (Lipinski definition) is 1. The van der Waals surface area contributed by atoms with Crippen LogP contribution in [0, 0.1) is 5.92 Å². The first-order valence-electron chi connectivity index (χ1n) is 10.8. The second kappa shape index (κ2) is 7.09. The van der Waals surface area contributed by atoms with Crippen molar-refractivity contribution < 1.29 is 0 Å². The molecule has 5 heterocycles. The lowest BCUT2D eigenvalue weighted by Crippen LogP contribution is -2.56. The minimum Gasteiger partial charge on any atom is -0.368 e. The molecule has 8 heteroatoms. The SMILES string of the molecule is CCN1C[C@H](C)N(c2cc(-c3cnc(N)nc3)nc(N3CC4CC3C4)n2)C[C@@H]1C. The highest BCUT2D eigenvalue weighted by atomic mass is 15.4. The average Bonchev–Trinajstić information content (AvgIpc) is 3.31. The van der Waals surface area contributed by atoms with Gasteiger partial charge in [-0.05, 0) is 39.2 Å². The number of aromatic nitrogens is 4. The predicted molar refractivity (Wildman–Crippen MR) is 115 cm³/mol. The molecule has 4 fully saturated rings. The molecule has 1 saturated carbocycles. The molecule has 2 aromatic rings. The molecule has 1 aliphatic carbocycles. The Hall–Kier alpha value is -2.48. The van der Waals surface area contributed by atoms with E-state index < -0.39 is 0 Å². The second-order valence-corrected chi connectivity index (χ2v) is 8.82. The molecule has 4 aliphatic rings. The van der Waals surface area contributed by atoms with Crippen molar-refractivity contribution in [2.45, 2.75) is 51.7 Å². The van der Waals surface area contributed by atoms with Gasteiger partial charge in [-0.2, -0.15) is 4.98 Å². The molecule has 3 aliphatic heterocycles. The number of likely N-dealkylation sites (N-methyl/N-ethyl adjacent to an activating group) is 1. The first-order valence-corrected chi connectivity index (χ1v) is 10.8. The number of rotatable bonds is 4. The normalized spacial score (nSPS) is 29.2. The van der Waals surface area contributed by atoms with Crippen molar-refractivity contribution in [2.75, 3.05) is 41.7 Å². The Morgan fingerprint density at radius 3 is 2.41 bits per heavy atom. The van der Waals surface area contributed by atoms with Crippen molar-refractivity contribution in [1.29, 1.82) is 0 Å². The van der Waals surface area contributed by atoms with Crippen LogP contribution in [0.5, 0.6) is 0 Å². The topological polar surface area (TPSA) is 87.3 Å². The molecule has 0 radical (unpaired) electrons. The van der Waals surface area contributed by atoms with Gasteiger partial charge < -0.3 is 15.5 Å². The summed E-state index contributed by atoms with van der Waals surface area (Å²) in [5.41, 5.74) is 7.43. The van der Waals surface area contributed by atoms with Crippen LogP contribution in [0.3, 0.4) is 0 Å². The zero-order valence-electron chi connectivity index (χ0n) is 17.5. The fraction of sp³-hybridized carbons (Fsp3) is 0.619. The molecule has 154 valence electrons. The predicted octanol–water partition coefficient (Wildman–Crippen LogP) is 2.03. The lowest BCUT2D eigenvalue weighted by molar-refractivity contribution is 0.174. The fourth-order valence-corrected chi connectivity index (χ4v) is 5.05. The van der Waals surface area contributed by atoms with E-state index in [-0.39, 0.29) is 5.95 Å². The van der Waals surface area contributed by atoms with Crippen molar-refractivity contribution in [2.24, 2.45) is 5.92 Å². The standard InChI is InChI=1S/C21H30N8/c1-4-27-10-14(3)28(11-13(27)2)19-7-18(16-8-23-20(22)24-9-16)25-21(26-19)29-12-15-5-17(29)6-15/h7-9,13-15,17H,4-6,10-12H2,1-3H3,(H2,22,23,24)/t13-,14-,15?,17?/m0/s1. The molecule has 3 saturated heterocycles. The molecule has 6 rings (SSSR count). The van der Waals surface area contributed by atoms with Crippen LogP contribution in [-0.2, 0) is 0 Å². The molecule has 0 aromatic carbocycles. The Morgan fingerprint density at radius 1 is 1.00 bits per heavy atom. The highest BCUT2D eigenvalue weighted by Crippen LogP contribution is 2.43. The summed E-state index contributed by atoms with van der Waals surface area (Å²) >= 11 is 0. The van der Waals surface area contributed by atoms with E-state index in [9.17, 15) is 0 Å². The van der Waals surface area contributed by atoms with E-state index in [1.54, 1.807) is 12.4 Å². The Bertz CT molecular complexity index is 879. The van der Waals surface area contributed by atoms with Gasteiger partial charge in [0.2, 0.25) is 11.9 Å². The Kier molecular flexibility index (Phi) is 4.53. The lowest BCUT2D eigenvalue weighted by atomic mass is 9.86. The van der Waals surface area contributed by atoms with Crippen molar-refractivity contribution >= 4 is 17.7 Å². The van der Waals surface area contributed by atoms with Crippen molar-refractivity contribution in [3.8, 4) is 11.3 Å². The molecule has 2 bridgehead atoms. The van der Waals surface area contributed by atoms with E-state index in [2.05, 4.69) is 51.5 Å². The summed E-state index contributed by atoms with van der Waals surface area (Å²) in [5.74, 6) is 2.93. The van der Waals surface area contributed by atoms with E-state index in [0.717, 1.165) is 55.1 Å². The van der Waals surface area contributed by atoms with Crippen LogP contribution >= 0.6 is 0 Å². The molecule has 0 amide bonds. The lowest BCUT2D eigenvalue weighted by Gasteiger charge is -2.44. The highest BCUT2D eigenvalue weighted by Gasteiger charge is 2.44. The van der Waals surface area contributed by atoms with Crippen LogP contribution in [-0.4, -0.2) is 69.1 Å². The zero-order valence-corrected chi connectivity index (χ0v) is 17.5. The van der Waals surface area contributed by atoms with Gasteiger partial charge in [0.1, 0.15) is 5.82 Å². The van der Waals surface area contributed by atoms with Crippen molar-refractivity contribution in [1.82, 2.24) is 24.8 Å². The van der Waals surface area contributed by atoms with Crippen molar-refractivity contribution in [3.63, 3.8) is 0 Å². The monoisotopic (exact) mass is 394 g/mol. The van der Waals surface area contributed by atoms with Gasteiger partial charge in [-0.1, -0.05) is 6.92 Å². The number of nitrogen functional groups attached to an aromatic ring is 1. The summed E-state index contributed by atoms with van der Waals surface area (Å²) in [5, 5.41) is 0. The molecule has 2 atom stereocenters. The summed E-state index contributed by atoms with van der Waals surface area (Å²) in [6, 6.07) is 3.58. The van der Waals surface area contributed by atoms with E-state index in [1.807, 2.05) is 0 Å². The molecule has 8 nitrogen and oxygen atoms in total. The quantitative estimate of drug-likeness (QED) is 0.843. The minimum atomic E-state index is 0.279. The third kappa shape index (κ3) is 3.29. The smallest absolute Gasteiger partial charge is 0.228 e. The summed E-state index contributed by atoms with van der Waals surface area (Å²) in [6.07, 6.45) is 6.06. The first kappa shape index (κ1) is 18.5. The molecular formula is C21H30N8. The molecule has 2 aromatic heterocycles. The van der Waals surface area contributed by atoms with E-state index in [1.165, 1.54) is 12.8 Å². The highest BCUT2D eigenvalue weighted by molar-refractivity contribution is 5.65. The second-order valence-electron chi connectivity index (χ2n) is 8.82.